The molecule has 1 saturated carbocycles. The molecule has 0 amide bonds. The second kappa shape index (κ2) is 7.17. The molecule has 1 aliphatic carbocycles. The Bertz CT molecular complexity index is 1150. The molecule has 1 aliphatic rings. The van der Waals surface area contributed by atoms with Crippen molar-refractivity contribution in [2.45, 2.75) is 38.0 Å². The highest BCUT2D eigenvalue weighted by Crippen LogP contribution is 2.39. The molecule has 3 nitrogen and oxygen atoms in total. The topological polar surface area (TPSA) is 41.6 Å². The number of H-pyrrole nitrogens is 1. The first-order valence-corrected chi connectivity index (χ1v) is 10.2. The number of imidazole rings is 1. The molecule has 0 aliphatic heterocycles. The van der Waals surface area contributed by atoms with Crippen molar-refractivity contribution in [2.24, 2.45) is 5.92 Å². The maximum absolute atomic E-state index is 13.8. The Kier molecular flexibility index (Phi) is 4.52. The van der Waals surface area contributed by atoms with Gasteiger partial charge in [-0.3, -0.25) is 4.98 Å². The largest absolute Gasteiger partial charge is 0.342 e. The van der Waals surface area contributed by atoms with Crippen molar-refractivity contribution in [1.29, 1.82) is 0 Å². The van der Waals surface area contributed by atoms with Crippen LogP contribution < -0.4 is 0 Å². The molecule has 2 heterocycles. The molecule has 1 fully saturated rings. The van der Waals surface area contributed by atoms with E-state index in [1.165, 1.54) is 11.6 Å². The van der Waals surface area contributed by atoms with Crippen LogP contribution in [-0.4, -0.2) is 15.0 Å². The summed E-state index contributed by atoms with van der Waals surface area (Å²) in [4.78, 5) is 12.5. The van der Waals surface area contributed by atoms with Crippen LogP contribution in [-0.2, 0) is 6.42 Å². The monoisotopic (exact) mass is 393 g/mol. The third-order valence-electron chi connectivity index (χ3n) is 6.00. The van der Waals surface area contributed by atoms with Crippen molar-refractivity contribution in [3.8, 4) is 0 Å². The molecule has 0 atom stereocenters. The van der Waals surface area contributed by atoms with Gasteiger partial charge in [0, 0.05) is 23.0 Å². The SMILES string of the molecule is Fc1ccc2nccc([C@H]3CC[C@@H](Cc4nc5cc(Cl)ccc5[nH]4)CC3)c2c1. The van der Waals surface area contributed by atoms with E-state index in [-0.39, 0.29) is 5.82 Å². The lowest BCUT2D eigenvalue weighted by Gasteiger charge is -2.29. The summed E-state index contributed by atoms with van der Waals surface area (Å²) in [6.07, 6.45) is 7.35. The molecular weight excluding hydrogens is 373 g/mol. The standard InChI is InChI=1S/C23H21ClFN3/c24-16-5-7-21-22(12-16)28-23(27-21)11-14-1-3-15(4-2-14)18-9-10-26-20-8-6-17(25)13-19(18)20/h5-10,12-15H,1-4,11H2,(H,27,28)/t14-,15+. The fourth-order valence-corrected chi connectivity index (χ4v) is 4.74. The number of hydrogen-bond acceptors (Lipinski definition) is 2. The van der Waals surface area contributed by atoms with Crippen LogP contribution in [0.3, 0.4) is 0 Å². The Labute approximate surface area is 168 Å². The van der Waals surface area contributed by atoms with E-state index < -0.39 is 0 Å². The molecule has 1 N–H and O–H groups in total. The van der Waals surface area contributed by atoms with Gasteiger partial charge in [0.05, 0.1) is 16.6 Å². The van der Waals surface area contributed by atoms with Gasteiger partial charge in [-0.2, -0.15) is 0 Å². The third kappa shape index (κ3) is 3.37. The number of nitrogens with one attached hydrogen (secondary N) is 1. The fourth-order valence-electron chi connectivity index (χ4n) is 4.58. The van der Waals surface area contributed by atoms with Crippen LogP contribution in [0.1, 0.15) is 43.0 Å². The third-order valence-corrected chi connectivity index (χ3v) is 6.24. The van der Waals surface area contributed by atoms with E-state index in [1.807, 2.05) is 24.4 Å². The second-order valence-corrected chi connectivity index (χ2v) is 8.26. The van der Waals surface area contributed by atoms with Crippen LogP contribution in [0.25, 0.3) is 21.9 Å². The van der Waals surface area contributed by atoms with Gasteiger partial charge in [0.2, 0.25) is 0 Å². The molecule has 0 radical (unpaired) electrons. The van der Waals surface area contributed by atoms with E-state index in [9.17, 15) is 4.39 Å². The van der Waals surface area contributed by atoms with Gasteiger partial charge in [0.25, 0.3) is 0 Å². The quantitative estimate of drug-likeness (QED) is 0.436. The predicted molar refractivity (Wildman–Crippen MR) is 111 cm³/mol. The number of halogens is 2. The highest BCUT2D eigenvalue weighted by Gasteiger charge is 2.24. The van der Waals surface area contributed by atoms with Crippen molar-refractivity contribution in [2.75, 3.05) is 0 Å². The molecular formula is C23H21ClFN3. The van der Waals surface area contributed by atoms with Gasteiger partial charge < -0.3 is 4.98 Å². The van der Waals surface area contributed by atoms with E-state index in [1.54, 1.807) is 12.1 Å². The highest BCUT2D eigenvalue weighted by molar-refractivity contribution is 6.31. The number of aromatic nitrogens is 3. The van der Waals surface area contributed by atoms with Crippen LogP contribution in [0.2, 0.25) is 5.02 Å². The van der Waals surface area contributed by atoms with Crippen LogP contribution >= 0.6 is 11.6 Å². The van der Waals surface area contributed by atoms with Gasteiger partial charge in [0.15, 0.2) is 0 Å². The summed E-state index contributed by atoms with van der Waals surface area (Å²) in [6, 6.07) is 12.7. The summed E-state index contributed by atoms with van der Waals surface area (Å²) in [7, 11) is 0. The summed E-state index contributed by atoms with van der Waals surface area (Å²) in [6.45, 7) is 0. The van der Waals surface area contributed by atoms with E-state index >= 15 is 0 Å². The average molecular weight is 394 g/mol. The van der Waals surface area contributed by atoms with Crippen molar-refractivity contribution in [3.05, 3.63) is 70.9 Å². The van der Waals surface area contributed by atoms with Gasteiger partial charge in [-0.25, -0.2) is 9.37 Å². The summed E-state index contributed by atoms with van der Waals surface area (Å²) in [5.74, 6) is 1.94. The summed E-state index contributed by atoms with van der Waals surface area (Å²) in [5.41, 5.74) is 4.09. The van der Waals surface area contributed by atoms with Gasteiger partial charge in [-0.05, 0) is 85.5 Å². The molecule has 0 spiro atoms. The number of fused-ring (bicyclic) bond motifs is 2. The van der Waals surface area contributed by atoms with Crippen LogP contribution in [0.5, 0.6) is 0 Å². The lowest BCUT2D eigenvalue weighted by atomic mass is 9.77. The lowest BCUT2D eigenvalue weighted by Crippen LogP contribution is -2.16. The Morgan fingerprint density at radius 2 is 1.86 bits per heavy atom. The minimum absolute atomic E-state index is 0.194. The van der Waals surface area contributed by atoms with Crippen LogP contribution in [0.15, 0.2) is 48.7 Å². The van der Waals surface area contributed by atoms with Crippen LogP contribution in [0, 0.1) is 11.7 Å². The van der Waals surface area contributed by atoms with Gasteiger partial charge >= 0.3 is 0 Å². The first kappa shape index (κ1) is 17.6. The summed E-state index contributed by atoms with van der Waals surface area (Å²) >= 11 is 6.06. The molecule has 2 aromatic heterocycles. The normalized spacial score (nSPS) is 20.1. The van der Waals surface area contributed by atoms with Crippen molar-refractivity contribution in [1.82, 2.24) is 15.0 Å². The predicted octanol–water partition coefficient (Wildman–Crippen LogP) is 6.42. The van der Waals surface area contributed by atoms with E-state index in [4.69, 9.17) is 16.6 Å². The molecule has 5 rings (SSSR count). The maximum Gasteiger partial charge on any atom is 0.123 e. The van der Waals surface area contributed by atoms with E-state index in [2.05, 4.69) is 16.0 Å². The van der Waals surface area contributed by atoms with E-state index in [0.717, 1.165) is 59.9 Å². The molecule has 4 aromatic rings. The second-order valence-electron chi connectivity index (χ2n) is 7.83. The minimum Gasteiger partial charge on any atom is -0.342 e. The molecule has 142 valence electrons. The number of benzene rings is 2. The Morgan fingerprint density at radius 3 is 2.71 bits per heavy atom. The summed E-state index contributed by atoms with van der Waals surface area (Å²) in [5, 5.41) is 1.67. The van der Waals surface area contributed by atoms with Gasteiger partial charge in [-0.15, -0.1) is 0 Å². The summed E-state index contributed by atoms with van der Waals surface area (Å²) < 4.78 is 13.8. The number of hydrogen-bond donors (Lipinski definition) is 1. The molecule has 28 heavy (non-hydrogen) atoms. The Hall–Kier alpha value is -2.46. The first-order valence-electron chi connectivity index (χ1n) is 9.84. The zero-order chi connectivity index (χ0) is 19.1. The molecule has 0 unspecified atom stereocenters. The zero-order valence-electron chi connectivity index (χ0n) is 15.5. The smallest absolute Gasteiger partial charge is 0.123 e. The van der Waals surface area contributed by atoms with Crippen molar-refractivity contribution in [3.63, 3.8) is 0 Å². The molecule has 0 saturated heterocycles. The molecule has 5 heteroatoms. The number of pyridine rings is 1. The lowest BCUT2D eigenvalue weighted by molar-refractivity contribution is 0.322. The first-order chi connectivity index (χ1) is 13.7. The molecule has 2 aromatic carbocycles. The van der Waals surface area contributed by atoms with Gasteiger partial charge in [-0.1, -0.05) is 11.6 Å². The fraction of sp³-hybridized carbons (Fsp3) is 0.304. The van der Waals surface area contributed by atoms with Crippen molar-refractivity contribution < 1.29 is 4.39 Å². The van der Waals surface area contributed by atoms with Gasteiger partial charge in [0.1, 0.15) is 11.6 Å². The van der Waals surface area contributed by atoms with Crippen molar-refractivity contribution >= 4 is 33.5 Å². The molecule has 0 bridgehead atoms. The highest BCUT2D eigenvalue weighted by atomic mass is 35.5. The number of rotatable bonds is 3. The zero-order valence-corrected chi connectivity index (χ0v) is 16.2. The Balaban J connectivity index is 1.30. The average Bonchev–Trinajstić information content (AvgIpc) is 3.09. The van der Waals surface area contributed by atoms with E-state index in [0.29, 0.717) is 16.9 Å². The minimum atomic E-state index is -0.194. The van der Waals surface area contributed by atoms with Crippen LogP contribution in [0.4, 0.5) is 4.39 Å². The Morgan fingerprint density at radius 1 is 1.00 bits per heavy atom. The maximum atomic E-state index is 13.8. The number of aromatic amines is 1. The number of nitrogens with zero attached hydrogens (tertiary/aromatic N) is 2.